The predicted molar refractivity (Wildman–Crippen MR) is 57.5 cm³/mol. The molecule has 2 atom stereocenters. The topological polar surface area (TPSA) is 29.5 Å². The summed E-state index contributed by atoms with van der Waals surface area (Å²) in [7, 11) is 0. The van der Waals surface area contributed by atoms with Crippen molar-refractivity contribution < 1.29 is 9.53 Å². The molecule has 2 fully saturated rings. The Morgan fingerprint density at radius 1 is 1.43 bits per heavy atom. The van der Waals surface area contributed by atoms with Gasteiger partial charge in [-0.3, -0.25) is 4.79 Å². The average molecular weight is 262 g/mol. The smallest absolute Gasteiger partial charge is 0.236 e. The molecule has 0 spiro atoms. The lowest BCUT2D eigenvalue weighted by Gasteiger charge is -2.31. The van der Waals surface area contributed by atoms with Gasteiger partial charge in [-0.15, -0.1) is 0 Å². The average Bonchev–Trinajstić information content (AvgIpc) is 2.66. The number of halogens is 1. The summed E-state index contributed by atoms with van der Waals surface area (Å²) in [5.41, 5.74) is 0. The molecule has 0 bridgehead atoms. The van der Waals surface area contributed by atoms with Crippen molar-refractivity contribution in [2.75, 3.05) is 19.7 Å². The van der Waals surface area contributed by atoms with Crippen molar-refractivity contribution >= 4 is 21.8 Å². The number of piperidine rings is 1. The Morgan fingerprint density at radius 3 is 3.00 bits per heavy atom. The second-order valence-corrected chi connectivity index (χ2v) is 5.13. The molecule has 14 heavy (non-hydrogen) atoms. The molecule has 2 unspecified atom stereocenters. The zero-order valence-electron chi connectivity index (χ0n) is 8.25. The highest BCUT2D eigenvalue weighted by atomic mass is 79.9. The van der Waals surface area contributed by atoms with Gasteiger partial charge in [0.05, 0.1) is 10.9 Å². The van der Waals surface area contributed by atoms with Gasteiger partial charge in [0.25, 0.3) is 0 Å². The number of hydrogen-bond donors (Lipinski definition) is 0. The minimum Gasteiger partial charge on any atom is -0.376 e. The fourth-order valence-corrected chi connectivity index (χ4v) is 2.72. The van der Waals surface area contributed by atoms with E-state index in [9.17, 15) is 4.79 Å². The number of nitrogens with zero attached hydrogens (tertiary/aromatic N) is 1. The molecule has 0 radical (unpaired) electrons. The Kier molecular flexibility index (Phi) is 3.44. The lowest BCUT2D eigenvalue weighted by atomic mass is 10.1. The van der Waals surface area contributed by atoms with Crippen LogP contribution in [0.15, 0.2) is 0 Å². The number of likely N-dealkylation sites (tertiary alicyclic amines) is 1. The SMILES string of the molecule is O=C1C(Br)CCCN1CC1CCCO1. The summed E-state index contributed by atoms with van der Waals surface area (Å²) < 4.78 is 5.53. The molecule has 0 saturated carbocycles. The third-order valence-electron chi connectivity index (χ3n) is 2.91. The molecule has 0 aromatic rings. The van der Waals surface area contributed by atoms with E-state index < -0.39 is 0 Å². The van der Waals surface area contributed by atoms with E-state index >= 15 is 0 Å². The Hall–Kier alpha value is -0.0900. The normalized spacial score (nSPS) is 33.8. The Labute approximate surface area is 92.9 Å². The van der Waals surface area contributed by atoms with Crippen molar-refractivity contribution in [1.29, 1.82) is 0 Å². The van der Waals surface area contributed by atoms with Crippen LogP contribution in [-0.2, 0) is 9.53 Å². The molecule has 0 aromatic carbocycles. The molecule has 2 saturated heterocycles. The molecule has 0 aliphatic carbocycles. The molecule has 3 nitrogen and oxygen atoms in total. The fraction of sp³-hybridized carbons (Fsp3) is 0.900. The highest BCUT2D eigenvalue weighted by Crippen LogP contribution is 2.21. The summed E-state index contributed by atoms with van der Waals surface area (Å²) >= 11 is 3.41. The van der Waals surface area contributed by atoms with Gasteiger partial charge in [0.1, 0.15) is 0 Å². The highest BCUT2D eigenvalue weighted by molar-refractivity contribution is 9.10. The highest BCUT2D eigenvalue weighted by Gasteiger charge is 2.29. The van der Waals surface area contributed by atoms with E-state index in [0.29, 0.717) is 0 Å². The number of hydrogen-bond acceptors (Lipinski definition) is 2. The Morgan fingerprint density at radius 2 is 2.29 bits per heavy atom. The molecule has 4 heteroatoms. The molecule has 2 rings (SSSR count). The third kappa shape index (κ3) is 2.28. The molecule has 0 N–H and O–H groups in total. The van der Waals surface area contributed by atoms with E-state index in [4.69, 9.17) is 4.74 Å². The van der Waals surface area contributed by atoms with Gasteiger partial charge in [0.15, 0.2) is 0 Å². The monoisotopic (exact) mass is 261 g/mol. The maximum atomic E-state index is 11.7. The zero-order chi connectivity index (χ0) is 9.97. The summed E-state index contributed by atoms with van der Waals surface area (Å²) in [5, 5.41) is 0. The molecule has 2 aliphatic rings. The van der Waals surface area contributed by atoms with Gasteiger partial charge in [-0.25, -0.2) is 0 Å². The molecule has 0 aromatic heterocycles. The maximum absolute atomic E-state index is 11.7. The van der Waals surface area contributed by atoms with Crippen LogP contribution >= 0.6 is 15.9 Å². The van der Waals surface area contributed by atoms with Crippen molar-refractivity contribution in [3.05, 3.63) is 0 Å². The number of ether oxygens (including phenoxy) is 1. The minimum atomic E-state index is 0.0395. The molecule has 2 aliphatic heterocycles. The van der Waals surface area contributed by atoms with Crippen LogP contribution in [0.2, 0.25) is 0 Å². The first-order chi connectivity index (χ1) is 6.77. The van der Waals surface area contributed by atoms with Gasteiger partial charge in [0.2, 0.25) is 5.91 Å². The Bertz CT molecular complexity index is 216. The first kappa shape index (κ1) is 10.4. The molecule has 2 heterocycles. The standard InChI is InChI=1S/C10H16BrNO2/c11-9-4-1-5-12(10(9)13)7-8-3-2-6-14-8/h8-9H,1-7H2. The number of rotatable bonds is 2. The van der Waals surface area contributed by atoms with E-state index in [2.05, 4.69) is 15.9 Å². The van der Waals surface area contributed by atoms with Gasteiger partial charge < -0.3 is 9.64 Å². The van der Waals surface area contributed by atoms with Gasteiger partial charge in [0, 0.05) is 19.7 Å². The van der Waals surface area contributed by atoms with Crippen molar-refractivity contribution in [2.24, 2.45) is 0 Å². The van der Waals surface area contributed by atoms with Gasteiger partial charge >= 0.3 is 0 Å². The van der Waals surface area contributed by atoms with E-state index in [1.165, 1.54) is 0 Å². The molecular weight excluding hydrogens is 246 g/mol. The second-order valence-electron chi connectivity index (χ2n) is 4.03. The van der Waals surface area contributed by atoms with Crippen molar-refractivity contribution in [1.82, 2.24) is 4.90 Å². The van der Waals surface area contributed by atoms with Crippen molar-refractivity contribution in [2.45, 2.75) is 36.6 Å². The van der Waals surface area contributed by atoms with Crippen LogP contribution in [0.5, 0.6) is 0 Å². The number of carbonyl (C=O) groups is 1. The van der Waals surface area contributed by atoms with Gasteiger partial charge in [-0.05, 0) is 25.7 Å². The third-order valence-corrected chi connectivity index (χ3v) is 3.76. The van der Waals surface area contributed by atoms with E-state index in [0.717, 1.165) is 45.4 Å². The van der Waals surface area contributed by atoms with Crippen LogP contribution < -0.4 is 0 Å². The lowest BCUT2D eigenvalue weighted by molar-refractivity contribution is -0.134. The summed E-state index contributed by atoms with van der Waals surface area (Å²) in [6.45, 7) is 2.56. The van der Waals surface area contributed by atoms with E-state index in [1.54, 1.807) is 0 Å². The maximum Gasteiger partial charge on any atom is 0.236 e. The van der Waals surface area contributed by atoms with Crippen LogP contribution in [0, 0.1) is 0 Å². The summed E-state index contributed by atoms with van der Waals surface area (Å²) in [6, 6.07) is 0. The fourth-order valence-electron chi connectivity index (χ4n) is 2.11. The summed E-state index contributed by atoms with van der Waals surface area (Å²) in [6.07, 6.45) is 4.62. The van der Waals surface area contributed by atoms with Crippen LogP contribution in [-0.4, -0.2) is 41.4 Å². The summed E-state index contributed by atoms with van der Waals surface area (Å²) in [4.78, 5) is 13.7. The number of amides is 1. The van der Waals surface area contributed by atoms with Crippen LogP contribution in [0.4, 0.5) is 0 Å². The van der Waals surface area contributed by atoms with Crippen LogP contribution in [0.3, 0.4) is 0 Å². The van der Waals surface area contributed by atoms with Crippen LogP contribution in [0.25, 0.3) is 0 Å². The second kappa shape index (κ2) is 4.62. The zero-order valence-corrected chi connectivity index (χ0v) is 9.83. The van der Waals surface area contributed by atoms with Gasteiger partial charge in [-0.1, -0.05) is 15.9 Å². The number of alkyl halides is 1. The summed E-state index contributed by atoms with van der Waals surface area (Å²) in [5.74, 6) is 0.242. The molecular formula is C10H16BrNO2. The largest absolute Gasteiger partial charge is 0.376 e. The van der Waals surface area contributed by atoms with E-state index in [1.807, 2.05) is 4.90 Å². The first-order valence-corrected chi connectivity index (χ1v) is 6.23. The molecule has 1 amide bonds. The van der Waals surface area contributed by atoms with Crippen LogP contribution in [0.1, 0.15) is 25.7 Å². The van der Waals surface area contributed by atoms with Crippen molar-refractivity contribution in [3.63, 3.8) is 0 Å². The number of carbonyl (C=O) groups excluding carboxylic acids is 1. The Balaban J connectivity index is 1.86. The van der Waals surface area contributed by atoms with Gasteiger partial charge in [-0.2, -0.15) is 0 Å². The first-order valence-electron chi connectivity index (χ1n) is 5.32. The molecule has 80 valence electrons. The lowest BCUT2D eigenvalue weighted by Crippen LogP contribution is -2.45. The predicted octanol–water partition coefficient (Wildman–Crippen LogP) is 1.55. The van der Waals surface area contributed by atoms with E-state index in [-0.39, 0.29) is 16.8 Å². The van der Waals surface area contributed by atoms with Crippen molar-refractivity contribution in [3.8, 4) is 0 Å². The quantitative estimate of drug-likeness (QED) is 0.707. The minimum absolute atomic E-state index is 0.0395.